The minimum absolute atomic E-state index is 0.478. The van der Waals surface area contributed by atoms with E-state index in [1.54, 1.807) is 21.3 Å². The molecule has 0 aliphatic rings. The van der Waals surface area contributed by atoms with Crippen molar-refractivity contribution in [2.24, 2.45) is 4.99 Å². The number of H-pyrrole nitrogens is 1. The number of hydrogen-bond acceptors (Lipinski definition) is 5. The van der Waals surface area contributed by atoms with Crippen molar-refractivity contribution in [2.75, 3.05) is 28.3 Å². The van der Waals surface area contributed by atoms with E-state index in [9.17, 15) is 0 Å². The number of aromatic nitrogens is 3. The van der Waals surface area contributed by atoms with Crippen LogP contribution in [0.25, 0.3) is 11.4 Å². The molecule has 8 nitrogen and oxygen atoms in total. The first-order valence-electron chi connectivity index (χ1n) is 9.24. The average molecular weight is 394 g/mol. The van der Waals surface area contributed by atoms with Gasteiger partial charge in [-0.05, 0) is 30.3 Å². The van der Waals surface area contributed by atoms with Gasteiger partial charge < -0.3 is 19.7 Å². The van der Waals surface area contributed by atoms with Crippen LogP contribution in [-0.4, -0.2) is 54.4 Å². The Morgan fingerprint density at radius 1 is 1.10 bits per heavy atom. The van der Waals surface area contributed by atoms with Crippen LogP contribution in [0, 0.1) is 0 Å². The third kappa shape index (κ3) is 5.04. The lowest BCUT2D eigenvalue weighted by atomic mass is 10.2. The van der Waals surface area contributed by atoms with Gasteiger partial charge in [-0.2, -0.15) is 5.10 Å². The van der Waals surface area contributed by atoms with E-state index in [0.29, 0.717) is 18.9 Å². The van der Waals surface area contributed by atoms with Gasteiger partial charge in [-0.3, -0.25) is 10.1 Å². The van der Waals surface area contributed by atoms with E-state index in [-0.39, 0.29) is 0 Å². The molecule has 0 aliphatic carbocycles. The second-order valence-corrected chi connectivity index (χ2v) is 6.40. The second-order valence-electron chi connectivity index (χ2n) is 6.40. The molecule has 2 aromatic carbocycles. The summed E-state index contributed by atoms with van der Waals surface area (Å²) in [5.41, 5.74) is 2.01. The first-order chi connectivity index (χ1) is 14.1. The quantitative estimate of drug-likeness (QED) is 0.473. The minimum atomic E-state index is 0.478. The molecule has 0 unspecified atom stereocenters. The third-order valence-corrected chi connectivity index (χ3v) is 4.47. The molecule has 1 aromatic heterocycles. The van der Waals surface area contributed by atoms with E-state index in [0.717, 1.165) is 34.4 Å². The molecule has 0 atom stereocenters. The number of aromatic amines is 1. The van der Waals surface area contributed by atoms with Gasteiger partial charge >= 0.3 is 0 Å². The molecule has 0 radical (unpaired) electrons. The van der Waals surface area contributed by atoms with Crippen molar-refractivity contribution < 1.29 is 9.47 Å². The van der Waals surface area contributed by atoms with Crippen LogP contribution in [0.15, 0.2) is 53.5 Å². The summed E-state index contributed by atoms with van der Waals surface area (Å²) in [6, 6.07) is 15.6. The van der Waals surface area contributed by atoms with Crippen molar-refractivity contribution in [1.29, 1.82) is 0 Å². The van der Waals surface area contributed by atoms with E-state index in [4.69, 9.17) is 9.47 Å². The molecular formula is C21H26N6O2. The lowest BCUT2D eigenvalue weighted by Crippen LogP contribution is -2.38. The maximum atomic E-state index is 5.43. The van der Waals surface area contributed by atoms with Gasteiger partial charge in [-0.1, -0.05) is 18.2 Å². The molecule has 0 saturated carbocycles. The molecule has 0 bridgehead atoms. The first kappa shape index (κ1) is 20.2. The lowest BCUT2D eigenvalue weighted by Gasteiger charge is -2.22. The number of benzene rings is 2. The number of aliphatic imine (C=N–C) groups is 1. The predicted molar refractivity (Wildman–Crippen MR) is 113 cm³/mol. The van der Waals surface area contributed by atoms with Gasteiger partial charge in [0.25, 0.3) is 0 Å². The van der Waals surface area contributed by atoms with Crippen molar-refractivity contribution in [2.45, 2.75) is 13.1 Å². The highest BCUT2D eigenvalue weighted by atomic mass is 16.5. The highest BCUT2D eigenvalue weighted by molar-refractivity contribution is 5.79. The van der Waals surface area contributed by atoms with Crippen LogP contribution in [0.1, 0.15) is 11.4 Å². The van der Waals surface area contributed by atoms with Crippen molar-refractivity contribution in [3.63, 3.8) is 0 Å². The van der Waals surface area contributed by atoms with Gasteiger partial charge in [-0.15, -0.1) is 0 Å². The number of rotatable bonds is 7. The Morgan fingerprint density at radius 2 is 1.86 bits per heavy atom. The fourth-order valence-electron chi connectivity index (χ4n) is 2.96. The Kier molecular flexibility index (Phi) is 6.67. The van der Waals surface area contributed by atoms with E-state index >= 15 is 0 Å². The molecule has 8 heteroatoms. The summed E-state index contributed by atoms with van der Waals surface area (Å²) >= 11 is 0. The average Bonchev–Trinajstić information content (AvgIpc) is 3.23. The molecule has 1 heterocycles. The lowest BCUT2D eigenvalue weighted by molar-refractivity contribution is 0.396. The van der Waals surface area contributed by atoms with Crippen LogP contribution >= 0.6 is 0 Å². The SMILES string of the molecule is CN=C(NCc1nc(-c2ccc(OC)cc2)n[nH]1)N(C)Cc1ccccc1OC. The number of hydrogen-bond donors (Lipinski definition) is 2. The smallest absolute Gasteiger partial charge is 0.194 e. The molecule has 0 amide bonds. The number of guanidine groups is 1. The van der Waals surface area contributed by atoms with Crippen molar-refractivity contribution in [3.8, 4) is 22.9 Å². The Balaban J connectivity index is 1.61. The summed E-state index contributed by atoms with van der Waals surface area (Å²) in [6.07, 6.45) is 0. The number of nitrogens with one attached hydrogen (secondary N) is 2. The van der Waals surface area contributed by atoms with E-state index in [1.165, 1.54) is 0 Å². The van der Waals surface area contributed by atoms with Crippen LogP contribution in [0.2, 0.25) is 0 Å². The van der Waals surface area contributed by atoms with E-state index in [2.05, 4.69) is 25.5 Å². The third-order valence-electron chi connectivity index (χ3n) is 4.47. The largest absolute Gasteiger partial charge is 0.497 e. The molecule has 3 aromatic rings. The maximum Gasteiger partial charge on any atom is 0.194 e. The second kappa shape index (κ2) is 9.59. The molecule has 0 saturated heterocycles. The summed E-state index contributed by atoms with van der Waals surface area (Å²) in [6.45, 7) is 1.14. The molecule has 0 fully saturated rings. The summed E-state index contributed by atoms with van der Waals surface area (Å²) in [4.78, 5) is 10.9. The summed E-state index contributed by atoms with van der Waals surface area (Å²) in [5.74, 6) is 3.77. The molecule has 3 rings (SSSR count). The molecule has 0 spiro atoms. The number of ether oxygens (including phenoxy) is 2. The zero-order valence-electron chi connectivity index (χ0n) is 17.1. The summed E-state index contributed by atoms with van der Waals surface area (Å²) < 4.78 is 10.6. The van der Waals surface area contributed by atoms with E-state index in [1.807, 2.05) is 60.5 Å². The molecule has 29 heavy (non-hydrogen) atoms. The van der Waals surface area contributed by atoms with Crippen LogP contribution in [0.3, 0.4) is 0 Å². The molecule has 2 N–H and O–H groups in total. The number of nitrogens with zero attached hydrogens (tertiary/aromatic N) is 4. The molecule has 0 aliphatic heterocycles. The number of para-hydroxylation sites is 1. The van der Waals surface area contributed by atoms with Gasteiger partial charge in [0.1, 0.15) is 17.3 Å². The van der Waals surface area contributed by atoms with Crippen molar-refractivity contribution in [1.82, 2.24) is 25.4 Å². The highest BCUT2D eigenvalue weighted by Gasteiger charge is 2.11. The van der Waals surface area contributed by atoms with Crippen molar-refractivity contribution in [3.05, 3.63) is 59.9 Å². The van der Waals surface area contributed by atoms with E-state index < -0.39 is 0 Å². The zero-order valence-corrected chi connectivity index (χ0v) is 17.1. The fraction of sp³-hybridized carbons (Fsp3) is 0.286. The maximum absolute atomic E-state index is 5.43. The first-order valence-corrected chi connectivity index (χ1v) is 9.24. The van der Waals surface area contributed by atoms with Crippen molar-refractivity contribution >= 4 is 5.96 Å². The molecule has 152 valence electrons. The van der Waals surface area contributed by atoms with Crippen LogP contribution in [0.4, 0.5) is 0 Å². The normalized spacial score (nSPS) is 11.2. The topological polar surface area (TPSA) is 87.7 Å². The standard InChI is InChI=1S/C21H26N6O2/c1-22-21(27(2)14-16-7-5-6-8-18(16)29-4)23-13-19-24-20(26-25-19)15-9-11-17(28-3)12-10-15/h5-12H,13-14H2,1-4H3,(H,22,23)(H,24,25,26). The van der Waals surface area contributed by atoms with Gasteiger partial charge in [0.15, 0.2) is 11.8 Å². The van der Waals surface area contributed by atoms with Crippen LogP contribution in [-0.2, 0) is 13.1 Å². The number of methoxy groups -OCH3 is 2. The van der Waals surface area contributed by atoms with Gasteiger partial charge in [0, 0.05) is 31.8 Å². The minimum Gasteiger partial charge on any atom is -0.497 e. The van der Waals surface area contributed by atoms with Crippen LogP contribution in [0.5, 0.6) is 11.5 Å². The van der Waals surface area contributed by atoms with Gasteiger partial charge in [0.05, 0.1) is 20.8 Å². The Morgan fingerprint density at radius 3 is 2.55 bits per heavy atom. The monoisotopic (exact) mass is 394 g/mol. The van der Waals surface area contributed by atoms with Crippen LogP contribution < -0.4 is 14.8 Å². The molecular weight excluding hydrogens is 368 g/mol. The summed E-state index contributed by atoms with van der Waals surface area (Å²) in [7, 11) is 7.05. The predicted octanol–water partition coefficient (Wildman–Crippen LogP) is 2.70. The fourth-order valence-corrected chi connectivity index (χ4v) is 2.96. The van der Waals surface area contributed by atoms with Gasteiger partial charge in [-0.25, -0.2) is 4.98 Å². The summed E-state index contributed by atoms with van der Waals surface area (Å²) in [5, 5.41) is 10.6. The van der Waals surface area contributed by atoms with Gasteiger partial charge in [0.2, 0.25) is 0 Å². The Labute approximate surface area is 170 Å². The Bertz CT molecular complexity index is 952. The Hall–Kier alpha value is -3.55. The highest BCUT2D eigenvalue weighted by Crippen LogP contribution is 2.20. The zero-order chi connectivity index (χ0) is 20.6.